The van der Waals surface area contributed by atoms with Crippen LogP contribution in [-0.4, -0.2) is 85.4 Å². The molecule has 174 valence electrons. The summed E-state index contributed by atoms with van der Waals surface area (Å²) in [6.07, 6.45) is 6.10. The van der Waals surface area contributed by atoms with Crippen LogP contribution in [0.15, 0.2) is 30.3 Å². The molecule has 2 aliphatic rings. The topological polar surface area (TPSA) is 65.0 Å². The van der Waals surface area contributed by atoms with E-state index in [-0.39, 0.29) is 25.0 Å². The second kappa shape index (κ2) is 13.2. The Bertz CT molecular complexity index is 626. The Balaban J connectivity index is 1.28. The normalized spacial score (nSPS) is 20.6. The summed E-state index contributed by atoms with van der Waals surface area (Å²) >= 11 is 0. The number of amides is 1. The van der Waals surface area contributed by atoms with Gasteiger partial charge in [0.1, 0.15) is 0 Å². The molecular formula is C25H41N3O3. The number of aliphatic hydroxyl groups is 1. The molecule has 0 spiro atoms. The van der Waals surface area contributed by atoms with E-state index in [0.717, 1.165) is 25.9 Å². The van der Waals surface area contributed by atoms with E-state index >= 15 is 0 Å². The number of aryl methyl sites for hydroxylation is 1. The number of rotatable bonds is 11. The Kier molecular flexibility index (Phi) is 10.3. The fourth-order valence-electron chi connectivity index (χ4n) is 4.86. The van der Waals surface area contributed by atoms with Gasteiger partial charge in [0.25, 0.3) is 0 Å². The van der Waals surface area contributed by atoms with Crippen molar-refractivity contribution in [3.8, 4) is 0 Å². The van der Waals surface area contributed by atoms with Gasteiger partial charge in [0.05, 0.1) is 12.7 Å². The van der Waals surface area contributed by atoms with Crippen molar-refractivity contribution in [2.75, 3.05) is 52.5 Å². The first kappa shape index (κ1) is 24.2. The number of piperidine rings is 2. The van der Waals surface area contributed by atoms with E-state index in [2.05, 4.69) is 45.4 Å². The van der Waals surface area contributed by atoms with Crippen LogP contribution in [0.1, 0.15) is 44.6 Å². The minimum absolute atomic E-state index is 0.0774. The van der Waals surface area contributed by atoms with Crippen LogP contribution in [0.5, 0.6) is 0 Å². The fourth-order valence-corrected chi connectivity index (χ4v) is 4.86. The number of carbonyl (C=O) groups is 1. The molecule has 31 heavy (non-hydrogen) atoms. The molecular weight excluding hydrogens is 390 g/mol. The lowest BCUT2D eigenvalue weighted by Crippen LogP contribution is -2.49. The van der Waals surface area contributed by atoms with E-state index in [1.807, 2.05) is 6.92 Å². The average Bonchev–Trinajstić information content (AvgIpc) is 2.82. The number of hydrogen-bond acceptors (Lipinski definition) is 5. The molecule has 2 heterocycles. The van der Waals surface area contributed by atoms with Crippen LogP contribution in [0.2, 0.25) is 0 Å². The maximum atomic E-state index is 12.4. The SMILES string of the molecule is CCOC[C@H](O)CNC(=O)C1CCN(C2CCN(CCCc3ccccc3)CC2)CC1. The number of hydrogen-bond donors (Lipinski definition) is 2. The Labute approximate surface area is 187 Å². The van der Waals surface area contributed by atoms with Gasteiger partial charge in [0.2, 0.25) is 5.91 Å². The molecule has 2 N–H and O–H groups in total. The van der Waals surface area contributed by atoms with Gasteiger partial charge in [0, 0.05) is 25.1 Å². The van der Waals surface area contributed by atoms with Gasteiger partial charge < -0.3 is 25.0 Å². The van der Waals surface area contributed by atoms with Crippen LogP contribution in [0.3, 0.4) is 0 Å². The third kappa shape index (κ3) is 8.19. The summed E-state index contributed by atoms with van der Waals surface area (Å²) in [4.78, 5) is 17.6. The number of carbonyl (C=O) groups excluding carboxylic acids is 1. The van der Waals surface area contributed by atoms with Crippen molar-refractivity contribution in [1.29, 1.82) is 0 Å². The molecule has 2 aliphatic heterocycles. The van der Waals surface area contributed by atoms with Gasteiger partial charge in [-0.25, -0.2) is 0 Å². The van der Waals surface area contributed by atoms with E-state index < -0.39 is 6.10 Å². The summed E-state index contributed by atoms with van der Waals surface area (Å²) in [5, 5.41) is 12.7. The summed E-state index contributed by atoms with van der Waals surface area (Å²) in [5.41, 5.74) is 1.44. The second-order valence-corrected chi connectivity index (χ2v) is 9.03. The number of ether oxygens (including phenoxy) is 1. The standard InChI is InChI=1S/C25H41N3O3/c1-2-31-20-24(29)19-26-25(30)22-10-17-28(18-11-22)23-12-15-27(16-13-23)14-6-9-21-7-4-3-5-8-21/h3-5,7-8,22-24,29H,2,6,9-20H2,1H3,(H,26,30)/t24-/m1/s1. The van der Waals surface area contributed by atoms with Crippen LogP contribution in [0.4, 0.5) is 0 Å². The first-order valence-electron chi connectivity index (χ1n) is 12.2. The second-order valence-electron chi connectivity index (χ2n) is 9.03. The van der Waals surface area contributed by atoms with E-state index in [1.54, 1.807) is 0 Å². The quantitative estimate of drug-likeness (QED) is 0.563. The monoisotopic (exact) mass is 431 g/mol. The predicted octanol–water partition coefficient (Wildman–Crippen LogP) is 2.31. The molecule has 1 atom stereocenters. The average molecular weight is 432 g/mol. The van der Waals surface area contributed by atoms with Gasteiger partial charge in [-0.2, -0.15) is 0 Å². The van der Waals surface area contributed by atoms with Crippen LogP contribution >= 0.6 is 0 Å². The summed E-state index contributed by atoms with van der Waals surface area (Å²) in [6, 6.07) is 11.4. The molecule has 0 radical (unpaired) electrons. The van der Waals surface area contributed by atoms with Gasteiger partial charge in [-0.3, -0.25) is 4.79 Å². The minimum atomic E-state index is -0.623. The molecule has 1 aromatic rings. The molecule has 0 saturated carbocycles. The lowest BCUT2D eigenvalue weighted by Gasteiger charge is -2.41. The molecule has 6 nitrogen and oxygen atoms in total. The molecule has 1 amide bonds. The van der Waals surface area contributed by atoms with Gasteiger partial charge in [0.15, 0.2) is 0 Å². The summed E-state index contributed by atoms with van der Waals surface area (Å²) in [6.45, 7) is 8.64. The van der Waals surface area contributed by atoms with Gasteiger partial charge in [-0.15, -0.1) is 0 Å². The van der Waals surface area contributed by atoms with Crippen molar-refractivity contribution in [3.63, 3.8) is 0 Å². The molecule has 0 unspecified atom stereocenters. The van der Waals surface area contributed by atoms with E-state index in [9.17, 15) is 9.90 Å². The minimum Gasteiger partial charge on any atom is -0.389 e. The molecule has 0 bridgehead atoms. The number of nitrogens with zero attached hydrogens (tertiary/aromatic N) is 2. The van der Waals surface area contributed by atoms with E-state index in [4.69, 9.17) is 4.74 Å². The lowest BCUT2D eigenvalue weighted by molar-refractivity contribution is -0.127. The highest BCUT2D eigenvalue weighted by molar-refractivity contribution is 5.78. The highest BCUT2D eigenvalue weighted by Crippen LogP contribution is 2.24. The van der Waals surface area contributed by atoms with Crippen molar-refractivity contribution in [1.82, 2.24) is 15.1 Å². The first-order chi connectivity index (χ1) is 15.2. The Morgan fingerprint density at radius 1 is 1.13 bits per heavy atom. The van der Waals surface area contributed by atoms with Crippen molar-refractivity contribution < 1.29 is 14.6 Å². The number of likely N-dealkylation sites (tertiary alicyclic amines) is 2. The molecule has 0 aromatic heterocycles. The highest BCUT2D eigenvalue weighted by Gasteiger charge is 2.30. The number of nitrogens with one attached hydrogen (secondary N) is 1. The van der Waals surface area contributed by atoms with Gasteiger partial charge >= 0.3 is 0 Å². The molecule has 2 fully saturated rings. The maximum absolute atomic E-state index is 12.4. The summed E-state index contributed by atoms with van der Waals surface area (Å²) < 4.78 is 5.19. The van der Waals surface area contributed by atoms with Gasteiger partial charge in [-0.1, -0.05) is 30.3 Å². The predicted molar refractivity (Wildman–Crippen MR) is 124 cm³/mol. The third-order valence-electron chi connectivity index (χ3n) is 6.78. The van der Waals surface area contributed by atoms with E-state index in [0.29, 0.717) is 12.6 Å². The number of aliphatic hydroxyl groups excluding tert-OH is 1. The van der Waals surface area contributed by atoms with Crippen LogP contribution < -0.4 is 5.32 Å². The maximum Gasteiger partial charge on any atom is 0.223 e. The molecule has 3 rings (SSSR count). The van der Waals surface area contributed by atoms with Crippen LogP contribution in [-0.2, 0) is 16.0 Å². The fraction of sp³-hybridized carbons (Fsp3) is 0.720. The molecule has 2 saturated heterocycles. The van der Waals surface area contributed by atoms with Crippen molar-refractivity contribution in [2.24, 2.45) is 5.92 Å². The Morgan fingerprint density at radius 2 is 1.84 bits per heavy atom. The lowest BCUT2D eigenvalue weighted by atomic mass is 9.92. The smallest absolute Gasteiger partial charge is 0.223 e. The zero-order valence-corrected chi connectivity index (χ0v) is 19.2. The molecule has 0 aliphatic carbocycles. The van der Waals surface area contributed by atoms with Crippen LogP contribution in [0, 0.1) is 5.92 Å². The van der Waals surface area contributed by atoms with Crippen LogP contribution in [0.25, 0.3) is 0 Å². The zero-order valence-electron chi connectivity index (χ0n) is 19.2. The van der Waals surface area contributed by atoms with Gasteiger partial charge in [-0.05, 0) is 83.7 Å². The summed E-state index contributed by atoms with van der Waals surface area (Å²) in [7, 11) is 0. The van der Waals surface area contributed by atoms with Crippen molar-refractivity contribution in [3.05, 3.63) is 35.9 Å². The summed E-state index contributed by atoms with van der Waals surface area (Å²) in [5.74, 6) is 0.164. The molecule has 1 aromatic carbocycles. The first-order valence-corrected chi connectivity index (χ1v) is 12.2. The van der Waals surface area contributed by atoms with Crippen molar-refractivity contribution >= 4 is 5.91 Å². The Hall–Kier alpha value is -1.47. The van der Waals surface area contributed by atoms with E-state index in [1.165, 1.54) is 50.9 Å². The third-order valence-corrected chi connectivity index (χ3v) is 6.78. The zero-order chi connectivity index (χ0) is 21.9. The highest BCUT2D eigenvalue weighted by atomic mass is 16.5. The van der Waals surface area contributed by atoms with Crippen molar-refractivity contribution in [2.45, 2.75) is 57.6 Å². The molecule has 6 heteroatoms. The largest absolute Gasteiger partial charge is 0.389 e. The Morgan fingerprint density at radius 3 is 2.52 bits per heavy atom. The number of benzene rings is 1.